The molecule has 1 N–H and O–H groups in total. The predicted molar refractivity (Wildman–Crippen MR) is 118 cm³/mol. The van der Waals surface area contributed by atoms with E-state index in [1.54, 1.807) is 0 Å². The van der Waals surface area contributed by atoms with Gasteiger partial charge in [-0.3, -0.25) is 4.79 Å². The lowest BCUT2D eigenvalue weighted by Crippen LogP contribution is -2.57. The van der Waals surface area contributed by atoms with E-state index in [4.69, 9.17) is 0 Å². The van der Waals surface area contributed by atoms with Crippen LogP contribution in [0.15, 0.2) is 48.5 Å². The van der Waals surface area contributed by atoms with Crippen LogP contribution in [-0.4, -0.2) is 30.9 Å². The Morgan fingerprint density at radius 1 is 1.13 bits per heavy atom. The lowest BCUT2D eigenvalue weighted by molar-refractivity contribution is -0.137. The molecule has 7 heteroatoms. The highest BCUT2D eigenvalue weighted by atomic mass is 35.5. The molecule has 1 heterocycles. The SMILES string of the molecule is CC1CN(C)CC(NC(=O)c2ccc(C(F)(F)F)cc2C2CC2)(c2ccccc2)C1.Cl. The number of benzene rings is 2. The van der Waals surface area contributed by atoms with E-state index in [2.05, 4.69) is 17.1 Å². The van der Waals surface area contributed by atoms with Crippen molar-refractivity contribution in [2.45, 2.75) is 43.8 Å². The average Bonchev–Trinajstić information content (AvgIpc) is 3.52. The molecule has 2 aromatic carbocycles. The van der Waals surface area contributed by atoms with Crippen LogP contribution in [-0.2, 0) is 11.7 Å². The summed E-state index contributed by atoms with van der Waals surface area (Å²) in [6, 6.07) is 13.4. The highest BCUT2D eigenvalue weighted by Crippen LogP contribution is 2.44. The summed E-state index contributed by atoms with van der Waals surface area (Å²) < 4.78 is 39.7. The van der Waals surface area contributed by atoms with E-state index in [0.29, 0.717) is 23.6 Å². The lowest BCUT2D eigenvalue weighted by atomic mass is 9.78. The number of carbonyl (C=O) groups is 1. The molecule has 1 aliphatic carbocycles. The van der Waals surface area contributed by atoms with Gasteiger partial charge in [0.1, 0.15) is 0 Å². The molecule has 3 nitrogen and oxygen atoms in total. The van der Waals surface area contributed by atoms with Crippen molar-refractivity contribution < 1.29 is 18.0 Å². The number of rotatable bonds is 4. The molecule has 2 unspecified atom stereocenters. The zero-order valence-electron chi connectivity index (χ0n) is 17.7. The Kier molecular flexibility index (Phi) is 6.72. The van der Waals surface area contributed by atoms with Gasteiger partial charge in [0.2, 0.25) is 0 Å². The summed E-state index contributed by atoms with van der Waals surface area (Å²) >= 11 is 0. The molecule has 0 radical (unpaired) electrons. The van der Waals surface area contributed by atoms with Crippen LogP contribution < -0.4 is 5.32 Å². The number of alkyl halides is 3. The van der Waals surface area contributed by atoms with Crippen LogP contribution in [0.4, 0.5) is 13.2 Å². The molecule has 0 aromatic heterocycles. The number of amides is 1. The number of hydrogen-bond acceptors (Lipinski definition) is 2. The molecule has 31 heavy (non-hydrogen) atoms. The highest BCUT2D eigenvalue weighted by molar-refractivity contribution is 5.96. The predicted octanol–water partition coefficient (Wildman–Crippen LogP) is 5.60. The minimum absolute atomic E-state index is 0. The van der Waals surface area contributed by atoms with Crippen molar-refractivity contribution in [1.82, 2.24) is 10.2 Å². The number of nitrogens with one attached hydrogen (secondary N) is 1. The molecule has 1 saturated carbocycles. The third-order valence-electron chi connectivity index (χ3n) is 6.18. The van der Waals surface area contributed by atoms with Crippen LogP contribution in [0.3, 0.4) is 0 Å². The average molecular weight is 453 g/mol. The normalized spacial score (nSPS) is 24.4. The fourth-order valence-electron chi connectivity index (χ4n) is 4.87. The largest absolute Gasteiger partial charge is 0.416 e. The molecular formula is C24H28ClF3N2O. The molecule has 2 atom stereocenters. The summed E-state index contributed by atoms with van der Waals surface area (Å²) in [4.78, 5) is 15.6. The zero-order chi connectivity index (χ0) is 21.5. The van der Waals surface area contributed by atoms with Gasteiger partial charge in [0.05, 0.1) is 11.1 Å². The van der Waals surface area contributed by atoms with Crippen molar-refractivity contribution in [2.24, 2.45) is 5.92 Å². The van der Waals surface area contributed by atoms with Gasteiger partial charge in [-0.1, -0.05) is 37.3 Å². The highest BCUT2D eigenvalue weighted by Gasteiger charge is 2.41. The van der Waals surface area contributed by atoms with Crippen LogP contribution in [0.1, 0.15) is 59.2 Å². The topological polar surface area (TPSA) is 32.3 Å². The smallest absolute Gasteiger partial charge is 0.341 e. The molecule has 2 aliphatic rings. The maximum absolute atomic E-state index is 13.4. The lowest BCUT2D eigenvalue weighted by Gasteiger charge is -2.45. The Hall–Kier alpha value is -2.05. The van der Waals surface area contributed by atoms with E-state index in [1.807, 2.05) is 37.4 Å². The van der Waals surface area contributed by atoms with E-state index in [0.717, 1.165) is 43.5 Å². The van der Waals surface area contributed by atoms with Crippen LogP contribution in [0.25, 0.3) is 0 Å². The Labute approximate surface area is 187 Å². The minimum atomic E-state index is -4.41. The van der Waals surface area contributed by atoms with Gasteiger partial charge in [-0.2, -0.15) is 13.2 Å². The molecule has 1 amide bonds. The number of piperidine rings is 1. The standard InChI is InChI=1S/C24H27F3N2O.ClH/c1-16-13-23(15-29(2)14-16,18-6-4-3-5-7-18)28-22(30)20-11-10-19(24(25,26)27)12-21(20)17-8-9-17;/h3-7,10-12,16-17H,8-9,13-15H2,1-2H3,(H,28,30);1H. The van der Waals surface area contributed by atoms with Gasteiger partial charge in [-0.15, -0.1) is 12.4 Å². The second kappa shape index (κ2) is 8.83. The van der Waals surface area contributed by atoms with Crippen molar-refractivity contribution in [2.75, 3.05) is 20.1 Å². The fraction of sp³-hybridized carbons (Fsp3) is 0.458. The van der Waals surface area contributed by atoms with Crippen molar-refractivity contribution in [1.29, 1.82) is 0 Å². The van der Waals surface area contributed by atoms with Gasteiger partial charge in [0.15, 0.2) is 0 Å². The monoisotopic (exact) mass is 452 g/mol. The summed E-state index contributed by atoms with van der Waals surface area (Å²) in [5.41, 5.74) is 0.639. The van der Waals surface area contributed by atoms with Crippen LogP contribution in [0.5, 0.6) is 0 Å². The van der Waals surface area contributed by atoms with E-state index in [9.17, 15) is 18.0 Å². The first kappa shape index (κ1) is 23.6. The third kappa shape index (κ3) is 5.07. The van der Waals surface area contributed by atoms with Gasteiger partial charge in [0, 0.05) is 18.7 Å². The third-order valence-corrected chi connectivity index (χ3v) is 6.18. The molecule has 0 spiro atoms. The second-order valence-corrected chi connectivity index (χ2v) is 8.98. The van der Waals surface area contributed by atoms with E-state index in [-0.39, 0.29) is 24.2 Å². The van der Waals surface area contributed by atoms with Crippen LogP contribution in [0, 0.1) is 5.92 Å². The number of likely N-dealkylation sites (tertiary alicyclic amines) is 1. The summed E-state index contributed by atoms with van der Waals surface area (Å²) in [6.45, 7) is 3.76. The van der Waals surface area contributed by atoms with Crippen LogP contribution >= 0.6 is 12.4 Å². The number of hydrogen-bond donors (Lipinski definition) is 1. The molecule has 1 saturated heterocycles. The Morgan fingerprint density at radius 2 is 1.81 bits per heavy atom. The number of nitrogens with zero attached hydrogens (tertiary/aromatic N) is 1. The Morgan fingerprint density at radius 3 is 2.39 bits per heavy atom. The van der Waals surface area contributed by atoms with Crippen molar-refractivity contribution in [3.05, 3.63) is 70.8 Å². The summed E-state index contributed by atoms with van der Waals surface area (Å²) in [5.74, 6) is 0.116. The molecule has 4 rings (SSSR count). The summed E-state index contributed by atoms with van der Waals surface area (Å²) in [6.07, 6.45) is -1.98. The summed E-state index contributed by atoms with van der Waals surface area (Å²) in [7, 11) is 2.03. The molecule has 0 bridgehead atoms. The fourth-order valence-corrected chi connectivity index (χ4v) is 4.87. The minimum Gasteiger partial charge on any atom is -0.341 e. The van der Waals surface area contributed by atoms with Gasteiger partial charge in [0.25, 0.3) is 5.91 Å². The molecular weight excluding hydrogens is 425 g/mol. The van der Waals surface area contributed by atoms with Crippen molar-refractivity contribution in [3.8, 4) is 0 Å². The first-order valence-corrected chi connectivity index (χ1v) is 10.5. The Bertz CT molecular complexity index is 918. The van der Waals surface area contributed by atoms with Crippen molar-refractivity contribution >= 4 is 18.3 Å². The molecule has 2 fully saturated rings. The van der Waals surface area contributed by atoms with Crippen LogP contribution in [0.2, 0.25) is 0 Å². The van der Waals surface area contributed by atoms with Gasteiger partial charge in [-0.05, 0) is 67.5 Å². The number of carbonyl (C=O) groups excluding carboxylic acids is 1. The van der Waals surface area contributed by atoms with Crippen molar-refractivity contribution in [3.63, 3.8) is 0 Å². The van der Waals surface area contributed by atoms with Gasteiger partial charge in [-0.25, -0.2) is 0 Å². The Balaban J connectivity index is 0.00000272. The number of likely N-dealkylation sites (N-methyl/N-ethyl adjacent to an activating group) is 1. The molecule has 168 valence electrons. The maximum Gasteiger partial charge on any atom is 0.416 e. The molecule has 1 aliphatic heterocycles. The van der Waals surface area contributed by atoms with Gasteiger partial charge >= 0.3 is 6.18 Å². The van der Waals surface area contributed by atoms with E-state index in [1.165, 1.54) is 6.07 Å². The summed E-state index contributed by atoms with van der Waals surface area (Å²) in [5, 5.41) is 3.25. The first-order chi connectivity index (χ1) is 14.2. The maximum atomic E-state index is 13.4. The zero-order valence-corrected chi connectivity index (χ0v) is 18.5. The second-order valence-electron chi connectivity index (χ2n) is 8.98. The molecule has 2 aromatic rings. The van der Waals surface area contributed by atoms with E-state index >= 15 is 0 Å². The first-order valence-electron chi connectivity index (χ1n) is 10.5. The quantitative estimate of drug-likeness (QED) is 0.654. The number of halogens is 4. The van der Waals surface area contributed by atoms with Gasteiger partial charge < -0.3 is 10.2 Å². The van der Waals surface area contributed by atoms with E-state index < -0.39 is 17.3 Å².